The summed E-state index contributed by atoms with van der Waals surface area (Å²) in [7, 11) is 0. The van der Waals surface area contributed by atoms with Crippen molar-refractivity contribution in [2.45, 2.75) is 19.8 Å². The van der Waals surface area contributed by atoms with Gasteiger partial charge in [-0.25, -0.2) is 4.98 Å². The Morgan fingerprint density at radius 2 is 1.73 bits per heavy atom. The van der Waals surface area contributed by atoms with Crippen LogP contribution in [0.25, 0.3) is 22.2 Å². The van der Waals surface area contributed by atoms with Crippen LogP contribution in [0.4, 0.5) is 0 Å². The summed E-state index contributed by atoms with van der Waals surface area (Å²) in [5.41, 5.74) is 4.13. The molecule has 33 heavy (non-hydrogen) atoms. The van der Waals surface area contributed by atoms with Crippen LogP contribution in [-0.4, -0.2) is 26.7 Å². The van der Waals surface area contributed by atoms with Crippen LogP contribution in [-0.2, 0) is 12.8 Å². The van der Waals surface area contributed by atoms with Crippen LogP contribution in [0.5, 0.6) is 11.6 Å². The van der Waals surface area contributed by atoms with Crippen molar-refractivity contribution in [2.24, 2.45) is 0 Å². The molecule has 5 rings (SSSR count). The lowest BCUT2D eigenvalue weighted by Gasteiger charge is -2.12. The molecule has 5 aromatic rings. The fourth-order valence-corrected chi connectivity index (χ4v) is 4.74. The van der Waals surface area contributed by atoms with Crippen molar-refractivity contribution in [3.8, 4) is 23.0 Å². The maximum Gasteiger partial charge on any atom is 0.307 e. The van der Waals surface area contributed by atoms with Crippen molar-refractivity contribution in [1.82, 2.24) is 15.0 Å². The van der Waals surface area contributed by atoms with E-state index in [2.05, 4.69) is 9.97 Å². The Kier molecular flexibility index (Phi) is 5.71. The zero-order valence-corrected chi connectivity index (χ0v) is 18.9. The highest BCUT2D eigenvalue weighted by atomic mass is 32.1. The first-order chi connectivity index (χ1) is 16.1. The van der Waals surface area contributed by atoms with E-state index in [0.29, 0.717) is 24.3 Å². The minimum atomic E-state index is -0.254. The smallest absolute Gasteiger partial charge is 0.307 e. The van der Waals surface area contributed by atoms with Gasteiger partial charge in [0.1, 0.15) is 11.6 Å². The Morgan fingerprint density at radius 1 is 0.970 bits per heavy atom. The minimum absolute atomic E-state index is 0.0568. The first-order valence-electron chi connectivity index (χ1n) is 10.7. The molecule has 0 bridgehead atoms. The summed E-state index contributed by atoms with van der Waals surface area (Å²) in [5.74, 6) is 1.61. The number of rotatable bonds is 7. The van der Waals surface area contributed by atoms with Gasteiger partial charge in [0.05, 0.1) is 17.2 Å². The zero-order valence-electron chi connectivity index (χ0n) is 18.1. The second-order valence-corrected chi connectivity index (χ2v) is 8.92. The number of thiazole rings is 1. The number of aryl methyl sites for hydroxylation is 1. The van der Waals surface area contributed by atoms with Gasteiger partial charge in [-0.05, 0) is 23.9 Å². The van der Waals surface area contributed by atoms with E-state index in [-0.39, 0.29) is 10.8 Å². The standard InChI is InChI=1S/C26H23N3O3S/c1-16-21(28-24(27-16)17-7-3-2-4-8-17)13-14-32-22-12-11-18(19-9-5-6-10-20(19)22)15-23-25(30)29-26(31)33-23/h2-12,30H,13-15H2,1H3,(H,27,28)(H,29,31). The fraction of sp³-hybridized carbons (Fsp3) is 0.154. The number of hydrogen-bond donors (Lipinski definition) is 3. The van der Waals surface area contributed by atoms with Crippen LogP contribution < -0.4 is 9.61 Å². The molecular weight excluding hydrogens is 434 g/mol. The average molecular weight is 458 g/mol. The Bertz CT molecular complexity index is 1470. The summed E-state index contributed by atoms with van der Waals surface area (Å²) in [4.78, 5) is 22.5. The molecule has 7 heteroatoms. The van der Waals surface area contributed by atoms with Gasteiger partial charge in [0, 0.05) is 29.5 Å². The molecule has 3 N–H and O–H groups in total. The Labute approximate surface area is 194 Å². The molecule has 0 saturated heterocycles. The van der Waals surface area contributed by atoms with E-state index in [0.717, 1.165) is 56.2 Å². The molecule has 3 aromatic carbocycles. The lowest BCUT2D eigenvalue weighted by atomic mass is 10.0. The summed E-state index contributed by atoms with van der Waals surface area (Å²) in [6, 6.07) is 22.1. The molecule has 0 aliphatic rings. The molecule has 2 heterocycles. The fourth-order valence-electron chi connectivity index (χ4n) is 3.99. The van der Waals surface area contributed by atoms with E-state index in [4.69, 9.17) is 9.72 Å². The van der Waals surface area contributed by atoms with Crippen molar-refractivity contribution in [3.63, 3.8) is 0 Å². The Hall–Kier alpha value is -3.84. The number of aromatic nitrogens is 3. The molecule has 0 spiro atoms. The summed E-state index contributed by atoms with van der Waals surface area (Å²) in [6.07, 6.45) is 1.17. The highest BCUT2D eigenvalue weighted by molar-refractivity contribution is 7.09. The molecule has 0 fully saturated rings. The normalized spacial score (nSPS) is 11.2. The quantitative estimate of drug-likeness (QED) is 0.313. The van der Waals surface area contributed by atoms with E-state index in [1.165, 1.54) is 0 Å². The highest BCUT2D eigenvalue weighted by Crippen LogP contribution is 2.31. The third kappa shape index (κ3) is 4.40. The number of benzene rings is 3. The summed E-state index contributed by atoms with van der Waals surface area (Å²) in [6.45, 7) is 2.53. The van der Waals surface area contributed by atoms with Gasteiger partial charge in [0.15, 0.2) is 0 Å². The third-order valence-electron chi connectivity index (χ3n) is 5.66. The van der Waals surface area contributed by atoms with Crippen LogP contribution in [0.3, 0.4) is 0 Å². The van der Waals surface area contributed by atoms with Gasteiger partial charge in [-0.15, -0.1) is 0 Å². The number of nitrogens with one attached hydrogen (secondary N) is 2. The van der Waals surface area contributed by atoms with Gasteiger partial charge in [0.2, 0.25) is 5.88 Å². The molecule has 166 valence electrons. The van der Waals surface area contributed by atoms with Gasteiger partial charge in [-0.3, -0.25) is 9.78 Å². The SMILES string of the molecule is Cc1[nH]c(-c2ccccc2)nc1CCOc1ccc(Cc2sc(=O)[nH]c2O)c2ccccc12. The second-order valence-electron chi connectivity index (χ2n) is 7.85. The van der Waals surface area contributed by atoms with Crippen molar-refractivity contribution in [1.29, 1.82) is 0 Å². The predicted octanol–water partition coefficient (Wildman–Crippen LogP) is 5.21. The number of fused-ring (bicyclic) bond motifs is 1. The minimum Gasteiger partial charge on any atom is -0.494 e. The third-order valence-corrected chi connectivity index (χ3v) is 6.53. The zero-order chi connectivity index (χ0) is 22.8. The predicted molar refractivity (Wildman–Crippen MR) is 131 cm³/mol. The number of aromatic hydroxyl groups is 1. The van der Waals surface area contributed by atoms with Crippen LogP contribution in [0.2, 0.25) is 0 Å². The monoisotopic (exact) mass is 457 g/mol. The first kappa shape index (κ1) is 21.0. The summed E-state index contributed by atoms with van der Waals surface area (Å²) in [5, 5.41) is 12.0. The molecule has 0 amide bonds. The van der Waals surface area contributed by atoms with Crippen LogP contribution >= 0.6 is 11.3 Å². The lowest BCUT2D eigenvalue weighted by molar-refractivity contribution is 0.324. The van der Waals surface area contributed by atoms with Gasteiger partial charge < -0.3 is 14.8 Å². The lowest BCUT2D eigenvalue weighted by Crippen LogP contribution is -2.03. The number of aromatic amines is 2. The molecule has 6 nitrogen and oxygen atoms in total. The van der Waals surface area contributed by atoms with Crippen molar-refractivity contribution >= 4 is 22.1 Å². The maximum atomic E-state index is 11.5. The average Bonchev–Trinajstić information content (AvgIpc) is 3.36. The van der Waals surface area contributed by atoms with E-state index < -0.39 is 0 Å². The summed E-state index contributed by atoms with van der Waals surface area (Å²) >= 11 is 1.03. The number of ether oxygens (including phenoxy) is 1. The van der Waals surface area contributed by atoms with Crippen LogP contribution in [0, 0.1) is 6.92 Å². The molecule has 0 aliphatic heterocycles. The topological polar surface area (TPSA) is 91.0 Å². The molecule has 0 atom stereocenters. The highest BCUT2D eigenvalue weighted by Gasteiger charge is 2.13. The van der Waals surface area contributed by atoms with Crippen molar-refractivity contribution < 1.29 is 9.84 Å². The van der Waals surface area contributed by atoms with Gasteiger partial charge >= 0.3 is 4.87 Å². The molecule has 0 saturated carbocycles. The molecular formula is C26H23N3O3S. The van der Waals surface area contributed by atoms with Crippen molar-refractivity contribution in [2.75, 3.05) is 6.61 Å². The van der Waals surface area contributed by atoms with E-state index in [9.17, 15) is 9.90 Å². The van der Waals surface area contributed by atoms with E-state index in [1.807, 2.05) is 73.7 Å². The molecule has 0 aliphatic carbocycles. The number of imidazole rings is 1. The largest absolute Gasteiger partial charge is 0.494 e. The van der Waals surface area contributed by atoms with E-state index >= 15 is 0 Å². The molecule has 2 aromatic heterocycles. The van der Waals surface area contributed by atoms with E-state index in [1.54, 1.807) is 0 Å². The Balaban J connectivity index is 1.34. The second kappa shape index (κ2) is 8.96. The van der Waals surface area contributed by atoms with Crippen molar-refractivity contribution in [3.05, 3.63) is 98.2 Å². The first-order valence-corrected chi connectivity index (χ1v) is 11.6. The van der Waals surface area contributed by atoms with Crippen LogP contribution in [0.1, 0.15) is 21.8 Å². The molecule has 0 radical (unpaired) electrons. The molecule has 0 unspecified atom stereocenters. The Morgan fingerprint density at radius 3 is 2.48 bits per heavy atom. The van der Waals surface area contributed by atoms with Gasteiger partial charge in [-0.2, -0.15) is 0 Å². The van der Waals surface area contributed by atoms with Gasteiger partial charge in [0.25, 0.3) is 0 Å². The maximum absolute atomic E-state index is 11.5. The number of nitrogens with zero attached hydrogens (tertiary/aromatic N) is 1. The summed E-state index contributed by atoms with van der Waals surface area (Å²) < 4.78 is 6.17. The van der Waals surface area contributed by atoms with Gasteiger partial charge in [-0.1, -0.05) is 72.0 Å². The van der Waals surface area contributed by atoms with Crippen LogP contribution in [0.15, 0.2) is 71.5 Å². The number of hydrogen-bond acceptors (Lipinski definition) is 5. The number of H-pyrrole nitrogens is 2.